The van der Waals surface area contributed by atoms with Gasteiger partial charge in [-0.15, -0.1) is 0 Å². The maximum Gasteiger partial charge on any atom is 0.252 e. The minimum absolute atomic E-state index is 0.00718. The average molecular weight is 876 g/mol. The SMILES string of the molecule is CC(C)(C)c1ccc(N2c3ccc(C(C)(C)C)cc3B3c4cc(C(C)(C)C)ccc4N(c4ccc(C(C)(C)C)cc4)c4cc(-c5nc(-c6ccccc6)nc(-c6ccccc6)n5)cc2c43)cc1. The number of rotatable bonds is 5. The number of hydrogen-bond acceptors (Lipinski definition) is 5. The van der Waals surface area contributed by atoms with E-state index in [-0.39, 0.29) is 28.4 Å². The van der Waals surface area contributed by atoms with Gasteiger partial charge in [0.1, 0.15) is 0 Å². The fourth-order valence-electron chi connectivity index (χ4n) is 9.78. The molecule has 2 aliphatic heterocycles. The minimum atomic E-state index is -0.0572. The van der Waals surface area contributed by atoms with Gasteiger partial charge in [0, 0.05) is 50.8 Å². The summed E-state index contributed by atoms with van der Waals surface area (Å²) in [6, 6.07) is 58.1. The van der Waals surface area contributed by atoms with Gasteiger partial charge in [0.25, 0.3) is 6.71 Å². The number of fused-ring (bicyclic) bond motifs is 4. The van der Waals surface area contributed by atoms with Crippen LogP contribution in [-0.2, 0) is 21.7 Å². The molecule has 67 heavy (non-hydrogen) atoms. The Kier molecular flexibility index (Phi) is 10.5. The molecule has 0 saturated carbocycles. The van der Waals surface area contributed by atoms with E-state index in [1.165, 1.54) is 50.0 Å². The summed E-state index contributed by atoms with van der Waals surface area (Å²) in [5.41, 5.74) is 18.6. The maximum absolute atomic E-state index is 5.34. The van der Waals surface area contributed by atoms with Crippen molar-refractivity contribution in [3.8, 4) is 34.2 Å². The second-order valence-corrected chi connectivity index (χ2v) is 22.7. The molecular formula is C61H62BN5. The van der Waals surface area contributed by atoms with E-state index in [0.717, 1.165) is 39.4 Å². The van der Waals surface area contributed by atoms with E-state index in [1.54, 1.807) is 0 Å². The topological polar surface area (TPSA) is 45.2 Å². The zero-order valence-corrected chi connectivity index (χ0v) is 41.3. The van der Waals surface area contributed by atoms with Crippen LogP contribution in [0, 0.1) is 0 Å². The highest BCUT2D eigenvalue weighted by molar-refractivity contribution is 7.00. The van der Waals surface area contributed by atoms with Gasteiger partial charge in [-0.1, -0.05) is 192 Å². The second-order valence-electron chi connectivity index (χ2n) is 22.7. The zero-order chi connectivity index (χ0) is 47.2. The van der Waals surface area contributed by atoms with Gasteiger partial charge in [-0.2, -0.15) is 0 Å². The molecule has 5 nitrogen and oxygen atoms in total. The molecule has 7 aromatic carbocycles. The van der Waals surface area contributed by atoms with Crippen LogP contribution in [0.2, 0.25) is 0 Å². The van der Waals surface area contributed by atoms with Crippen molar-refractivity contribution in [2.24, 2.45) is 0 Å². The Morgan fingerprint density at radius 1 is 0.328 bits per heavy atom. The molecule has 0 atom stereocenters. The van der Waals surface area contributed by atoms with Gasteiger partial charge in [0.15, 0.2) is 17.5 Å². The van der Waals surface area contributed by atoms with Gasteiger partial charge in [-0.05, 0) is 109 Å². The molecule has 0 unspecified atom stereocenters. The smallest absolute Gasteiger partial charge is 0.252 e. The Bertz CT molecular complexity index is 2940. The summed E-state index contributed by atoms with van der Waals surface area (Å²) in [7, 11) is 0. The van der Waals surface area contributed by atoms with Crippen molar-refractivity contribution in [3.63, 3.8) is 0 Å². The van der Waals surface area contributed by atoms with Crippen LogP contribution in [0.25, 0.3) is 34.2 Å². The summed E-state index contributed by atoms with van der Waals surface area (Å²) in [5.74, 6) is 1.90. The van der Waals surface area contributed by atoms with Gasteiger partial charge in [-0.25, -0.2) is 15.0 Å². The lowest BCUT2D eigenvalue weighted by Gasteiger charge is -2.45. The van der Waals surface area contributed by atoms with Crippen LogP contribution in [0.15, 0.2) is 158 Å². The Labute approximate surface area is 399 Å². The Hall–Kier alpha value is -6.79. The highest BCUT2D eigenvalue weighted by Crippen LogP contribution is 2.47. The molecule has 2 aliphatic rings. The molecule has 0 N–H and O–H groups in total. The molecule has 334 valence electrons. The average Bonchev–Trinajstić information content (AvgIpc) is 3.30. The van der Waals surface area contributed by atoms with Gasteiger partial charge < -0.3 is 9.80 Å². The van der Waals surface area contributed by atoms with Crippen LogP contribution in [0.1, 0.15) is 105 Å². The normalized spacial score (nSPS) is 13.6. The summed E-state index contributed by atoms with van der Waals surface area (Å²) in [6.45, 7) is 27.6. The van der Waals surface area contributed by atoms with Crippen molar-refractivity contribution in [2.45, 2.75) is 105 Å². The molecule has 0 fully saturated rings. The number of anilines is 6. The van der Waals surface area contributed by atoms with E-state index in [0.29, 0.717) is 17.5 Å². The van der Waals surface area contributed by atoms with Gasteiger partial charge in [-0.3, -0.25) is 0 Å². The van der Waals surface area contributed by atoms with E-state index < -0.39 is 0 Å². The van der Waals surface area contributed by atoms with Gasteiger partial charge >= 0.3 is 0 Å². The van der Waals surface area contributed by atoms with Crippen molar-refractivity contribution in [1.82, 2.24) is 15.0 Å². The molecule has 0 saturated heterocycles. The van der Waals surface area contributed by atoms with Crippen LogP contribution < -0.4 is 26.2 Å². The highest BCUT2D eigenvalue weighted by atomic mass is 15.2. The predicted octanol–water partition coefficient (Wildman–Crippen LogP) is 14.1. The third kappa shape index (κ3) is 8.05. The fraction of sp³-hybridized carbons (Fsp3) is 0.262. The molecule has 0 bridgehead atoms. The first-order valence-electron chi connectivity index (χ1n) is 23.9. The first-order valence-corrected chi connectivity index (χ1v) is 23.9. The molecule has 10 rings (SSSR count). The van der Waals surface area contributed by atoms with Crippen molar-refractivity contribution >= 4 is 57.2 Å². The van der Waals surface area contributed by atoms with Crippen molar-refractivity contribution in [3.05, 3.63) is 180 Å². The molecular weight excluding hydrogens is 814 g/mol. The second kappa shape index (κ2) is 15.9. The molecule has 0 aliphatic carbocycles. The summed E-state index contributed by atoms with van der Waals surface area (Å²) >= 11 is 0. The zero-order valence-electron chi connectivity index (χ0n) is 41.3. The van der Waals surface area contributed by atoms with E-state index in [2.05, 4.69) is 214 Å². The lowest BCUT2D eigenvalue weighted by molar-refractivity contribution is 0.590. The fourth-order valence-corrected chi connectivity index (χ4v) is 9.78. The summed E-state index contributed by atoms with van der Waals surface area (Å²) in [5, 5.41) is 0. The summed E-state index contributed by atoms with van der Waals surface area (Å²) < 4.78 is 0. The van der Waals surface area contributed by atoms with Crippen LogP contribution in [0.5, 0.6) is 0 Å². The standard InChI is InChI=1S/C61H62BN5/c1-58(2,3)42-23-29-46(30-24-42)66-50-33-27-44(60(7,8)9)37-48(50)62-49-38-45(61(10,11)12)28-34-51(49)67(47-31-25-43(26-32-47)59(4,5)6)53-36-41(35-52(66)54(53)62)57-64-55(39-19-15-13-16-20-39)63-56(65-57)40-21-17-14-18-22-40/h13-38H,1-12H3. The van der Waals surface area contributed by atoms with Crippen LogP contribution in [0.4, 0.5) is 34.1 Å². The Morgan fingerprint density at radius 3 is 1.00 bits per heavy atom. The quantitative estimate of drug-likeness (QED) is 0.161. The minimum Gasteiger partial charge on any atom is -0.311 e. The van der Waals surface area contributed by atoms with E-state index in [4.69, 9.17) is 15.0 Å². The van der Waals surface area contributed by atoms with E-state index in [1.807, 2.05) is 36.4 Å². The molecule has 8 aromatic rings. The monoisotopic (exact) mass is 876 g/mol. The Balaban J connectivity index is 1.33. The first-order chi connectivity index (χ1) is 31.7. The van der Waals surface area contributed by atoms with E-state index >= 15 is 0 Å². The number of nitrogens with zero attached hydrogens (tertiary/aromatic N) is 5. The first kappa shape index (κ1) is 44.1. The predicted molar refractivity (Wildman–Crippen MR) is 285 cm³/mol. The third-order valence-electron chi connectivity index (χ3n) is 13.7. The van der Waals surface area contributed by atoms with Crippen LogP contribution in [0.3, 0.4) is 0 Å². The van der Waals surface area contributed by atoms with Crippen molar-refractivity contribution in [2.75, 3.05) is 9.80 Å². The van der Waals surface area contributed by atoms with Gasteiger partial charge in [0.2, 0.25) is 0 Å². The Morgan fingerprint density at radius 2 is 0.657 bits per heavy atom. The summed E-state index contributed by atoms with van der Waals surface area (Å²) in [6.07, 6.45) is 0. The molecule has 6 heteroatoms. The number of aromatic nitrogens is 3. The van der Waals surface area contributed by atoms with Crippen LogP contribution in [-0.4, -0.2) is 21.7 Å². The molecule has 1 aromatic heterocycles. The van der Waals surface area contributed by atoms with Gasteiger partial charge in [0.05, 0.1) is 0 Å². The third-order valence-corrected chi connectivity index (χ3v) is 13.7. The van der Waals surface area contributed by atoms with Crippen molar-refractivity contribution < 1.29 is 0 Å². The molecule has 0 amide bonds. The van der Waals surface area contributed by atoms with Crippen LogP contribution >= 0.6 is 0 Å². The number of benzene rings is 7. The lowest BCUT2D eigenvalue weighted by Crippen LogP contribution is -2.61. The number of hydrogen-bond donors (Lipinski definition) is 0. The summed E-state index contributed by atoms with van der Waals surface area (Å²) in [4.78, 5) is 20.8. The van der Waals surface area contributed by atoms with E-state index in [9.17, 15) is 0 Å². The van der Waals surface area contributed by atoms with Crippen molar-refractivity contribution in [1.29, 1.82) is 0 Å². The molecule has 0 radical (unpaired) electrons. The maximum atomic E-state index is 5.34. The highest BCUT2D eigenvalue weighted by Gasteiger charge is 2.45. The molecule has 3 heterocycles. The largest absolute Gasteiger partial charge is 0.311 e. The molecule has 0 spiro atoms. The lowest BCUT2D eigenvalue weighted by atomic mass is 9.33.